The first-order valence-corrected chi connectivity index (χ1v) is 4.94. The SMILES string of the molecule is CCCc1noc(C2CN=CNC2)n1. The average molecular weight is 194 g/mol. The third kappa shape index (κ3) is 1.92. The van der Waals surface area contributed by atoms with E-state index in [2.05, 4.69) is 27.4 Å². The van der Waals surface area contributed by atoms with Crippen LogP contribution in [0, 0.1) is 0 Å². The van der Waals surface area contributed by atoms with E-state index in [0.717, 1.165) is 31.8 Å². The number of nitrogens with zero attached hydrogens (tertiary/aromatic N) is 3. The standard InChI is InChI=1S/C9H14N4O/c1-2-3-8-12-9(14-13-8)7-4-10-6-11-5-7/h6-7H,2-5H2,1H3,(H,10,11). The Bertz CT molecular complexity index is 320. The molecule has 1 N–H and O–H groups in total. The molecular formula is C9H14N4O. The van der Waals surface area contributed by atoms with E-state index in [1.54, 1.807) is 6.34 Å². The summed E-state index contributed by atoms with van der Waals surface area (Å²) in [6.45, 7) is 3.67. The van der Waals surface area contributed by atoms with Gasteiger partial charge in [-0.3, -0.25) is 4.99 Å². The van der Waals surface area contributed by atoms with E-state index in [4.69, 9.17) is 4.52 Å². The number of rotatable bonds is 3. The average Bonchev–Trinajstić information content (AvgIpc) is 2.68. The minimum atomic E-state index is 0.234. The molecule has 1 unspecified atom stereocenters. The summed E-state index contributed by atoms with van der Waals surface area (Å²) in [5.41, 5.74) is 0. The quantitative estimate of drug-likeness (QED) is 0.770. The lowest BCUT2D eigenvalue weighted by molar-refractivity contribution is 0.348. The second-order valence-corrected chi connectivity index (χ2v) is 3.40. The fraction of sp³-hybridized carbons (Fsp3) is 0.667. The number of aliphatic imine (C=N–C) groups is 1. The predicted octanol–water partition coefficient (Wildman–Crippen LogP) is 0.737. The van der Waals surface area contributed by atoms with Crippen molar-refractivity contribution < 1.29 is 4.52 Å². The topological polar surface area (TPSA) is 63.3 Å². The van der Waals surface area contributed by atoms with Crippen LogP contribution in [0.2, 0.25) is 0 Å². The summed E-state index contributed by atoms with van der Waals surface area (Å²) < 4.78 is 5.18. The van der Waals surface area contributed by atoms with Crippen molar-refractivity contribution in [2.24, 2.45) is 4.99 Å². The smallest absolute Gasteiger partial charge is 0.233 e. The van der Waals surface area contributed by atoms with Crippen molar-refractivity contribution in [1.82, 2.24) is 15.5 Å². The predicted molar refractivity (Wildman–Crippen MR) is 52.4 cm³/mol. The summed E-state index contributed by atoms with van der Waals surface area (Å²) in [4.78, 5) is 8.46. The van der Waals surface area contributed by atoms with Crippen LogP contribution in [0.25, 0.3) is 0 Å². The number of aryl methyl sites for hydroxylation is 1. The first-order valence-electron chi connectivity index (χ1n) is 4.94. The summed E-state index contributed by atoms with van der Waals surface area (Å²) in [6.07, 6.45) is 3.65. The van der Waals surface area contributed by atoms with E-state index in [-0.39, 0.29) is 5.92 Å². The first kappa shape index (κ1) is 9.18. The van der Waals surface area contributed by atoms with Gasteiger partial charge in [0.05, 0.1) is 18.8 Å². The molecule has 1 aromatic heterocycles. The highest BCUT2D eigenvalue weighted by molar-refractivity contribution is 5.55. The van der Waals surface area contributed by atoms with Gasteiger partial charge in [-0.25, -0.2) is 0 Å². The van der Waals surface area contributed by atoms with Crippen LogP contribution in [0.3, 0.4) is 0 Å². The van der Waals surface area contributed by atoms with E-state index in [1.165, 1.54) is 0 Å². The molecule has 76 valence electrons. The Labute approximate surface area is 82.6 Å². The van der Waals surface area contributed by atoms with Crippen molar-refractivity contribution in [3.8, 4) is 0 Å². The zero-order valence-electron chi connectivity index (χ0n) is 8.23. The van der Waals surface area contributed by atoms with Gasteiger partial charge in [-0.05, 0) is 6.42 Å². The molecule has 5 heteroatoms. The summed E-state index contributed by atoms with van der Waals surface area (Å²) >= 11 is 0. The largest absolute Gasteiger partial charge is 0.376 e. The number of hydrogen-bond donors (Lipinski definition) is 1. The van der Waals surface area contributed by atoms with Crippen molar-refractivity contribution in [1.29, 1.82) is 0 Å². The Balaban J connectivity index is 2.04. The molecule has 1 atom stereocenters. The molecule has 0 saturated carbocycles. The maximum atomic E-state index is 5.18. The molecule has 1 aliphatic rings. The third-order valence-corrected chi connectivity index (χ3v) is 2.18. The molecule has 0 aliphatic carbocycles. The van der Waals surface area contributed by atoms with Crippen molar-refractivity contribution in [3.05, 3.63) is 11.7 Å². The molecule has 1 aromatic rings. The number of aromatic nitrogens is 2. The molecule has 0 aromatic carbocycles. The van der Waals surface area contributed by atoms with Gasteiger partial charge in [0.15, 0.2) is 5.82 Å². The molecule has 1 aliphatic heterocycles. The highest BCUT2D eigenvalue weighted by Crippen LogP contribution is 2.14. The van der Waals surface area contributed by atoms with E-state index >= 15 is 0 Å². The van der Waals surface area contributed by atoms with Crippen LogP contribution in [-0.2, 0) is 6.42 Å². The van der Waals surface area contributed by atoms with E-state index in [1.807, 2.05) is 0 Å². The van der Waals surface area contributed by atoms with Gasteiger partial charge in [0.2, 0.25) is 5.89 Å². The van der Waals surface area contributed by atoms with Gasteiger partial charge >= 0.3 is 0 Å². The van der Waals surface area contributed by atoms with Crippen molar-refractivity contribution in [3.63, 3.8) is 0 Å². The zero-order valence-corrected chi connectivity index (χ0v) is 8.23. The molecule has 0 saturated heterocycles. The lowest BCUT2D eigenvalue weighted by Crippen LogP contribution is -2.27. The van der Waals surface area contributed by atoms with E-state index in [0.29, 0.717) is 5.89 Å². The third-order valence-electron chi connectivity index (χ3n) is 2.18. The van der Waals surface area contributed by atoms with Crippen LogP contribution in [-0.4, -0.2) is 29.6 Å². The molecule has 2 rings (SSSR count). The maximum Gasteiger partial charge on any atom is 0.233 e. The van der Waals surface area contributed by atoms with Gasteiger partial charge in [-0.15, -0.1) is 0 Å². The van der Waals surface area contributed by atoms with Crippen LogP contribution in [0.15, 0.2) is 9.52 Å². The van der Waals surface area contributed by atoms with Gasteiger partial charge in [0.25, 0.3) is 0 Å². The highest BCUT2D eigenvalue weighted by atomic mass is 16.5. The fourth-order valence-electron chi connectivity index (χ4n) is 1.43. The minimum absolute atomic E-state index is 0.234. The Hall–Kier alpha value is -1.39. The van der Waals surface area contributed by atoms with Crippen molar-refractivity contribution >= 4 is 6.34 Å². The molecule has 0 amide bonds. The van der Waals surface area contributed by atoms with Crippen LogP contribution in [0.1, 0.15) is 31.0 Å². The first-order chi connectivity index (χ1) is 6.90. The maximum absolute atomic E-state index is 5.18. The Kier molecular flexibility index (Phi) is 2.76. The number of hydrogen-bond acceptors (Lipinski definition) is 5. The van der Waals surface area contributed by atoms with E-state index in [9.17, 15) is 0 Å². The Morgan fingerprint density at radius 3 is 3.29 bits per heavy atom. The molecule has 0 bridgehead atoms. The lowest BCUT2D eigenvalue weighted by Gasteiger charge is -2.13. The molecular weight excluding hydrogens is 180 g/mol. The van der Waals surface area contributed by atoms with Crippen LogP contribution in [0.4, 0.5) is 0 Å². The second-order valence-electron chi connectivity index (χ2n) is 3.40. The minimum Gasteiger partial charge on any atom is -0.376 e. The van der Waals surface area contributed by atoms with E-state index < -0.39 is 0 Å². The van der Waals surface area contributed by atoms with Gasteiger partial charge in [0.1, 0.15) is 0 Å². The summed E-state index contributed by atoms with van der Waals surface area (Å²) in [7, 11) is 0. The van der Waals surface area contributed by atoms with Gasteiger partial charge in [0, 0.05) is 13.0 Å². The molecule has 0 radical (unpaired) electrons. The monoisotopic (exact) mass is 194 g/mol. The molecule has 14 heavy (non-hydrogen) atoms. The Morgan fingerprint density at radius 2 is 2.57 bits per heavy atom. The van der Waals surface area contributed by atoms with Crippen LogP contribution in [0.5, 0.6) is 0 Å². The van der Waals surface area contributed by atoms with Crippen molar-refractivity contribution in [2.45, 2.75) is 25.7 Å². The molecule has 0 spiro atoms. The number of nitrogens with one attached hydrogen (secondary N) is 1. The normalized spacial score (nSPS) is 20.8. The van der Waals surface area contributed by atoms with Crippen molar-refractivity contribution in [2.75, 3.05) is 13.1 Å². The molecule has 5 nitrogen and oxygen atoms in total. The summed E-state index contributed by atoms with van der Waals surface area (Å²) in [5.74, 6) is 1.74. The van der Waals surface area contributed by atoms with Gasteiger partial charge in [-0.1, -0.05) is 12.1 Å². The van der Waals surface area contributed by atoms with Crippen LogP contribution >= 0.6 is 0 Å². The van der Waals surface area contributed by atoms with Gasteiger partial charge < -0.3 is 9.84 Å². The molecule has 2 heterocycles. The summed E-state index contributed by atoms with van der Waals surface area (Å²) in [6, 6.07) is 0. The second kappa shape index (κ2) is 4.21. The molecule has 0 fully saturated rings. The Morgan fingerprint density at radius 1 is 1.64 bits per heavy atom. The lowest BCUT2D eigenvalue weighted by atomic mass is 10.1. The van der Waals surface area contributed by atoms with Gasteiger partial charge in [-0.2, -0.15) is 4.98 Å². The van der Waals surface area contributed by atoms with Crippen LogP contribution < -0.4 is 5.32 Å². The fourth-order valence-corrected chi connectivity index (χ4v) is 1.43. The summed E-state index contributed by atoms with van der Waals surface area (Å²) in [5, 5.41) is 6.97. The zero-order chi connectivity index (χ0) is 9.80. The highest BCUT2D eigenvalue weighted by Gasteiger charge is 2.19.